The molecule has 0 saturated heterocycles. The fourth-order valence-electron chi connectivity index (χ4n) is 2.21. The van der Waals surface area contributed by atoms with Crippen LogP contribution in [0.4, 0.5) is 10.1 Å². The van der Waals surface area contributed by atoms with Crippen LogP contribution in [0.25, 0.3) is 0 Å². The second kappa shape index (κ2) is 9.27. The summed E-state index contributed by atoms with van der Waals surface area (Å²) in [6.45, 7) is 4.59. The molecule has 2 amide bonds. The molecule has 2 rings (SSSR count). The summed E-state index contributed by atoms with van der Waals surface area (Å²) >= 11 is 1.26. The largest absolute Gasteiger partial charge is 0.454 e. The van der Waals surface area contributed by atoms with Gasteiger partial charge in [0, 0.05) is 5.69 Å². The number of hydrogen-bond acceptors (Lipinski definition) is 5. The van der Waals surface area contributed by atoms with Crippen LogP contribution in [0.5, 0.6) is 0 Å². The van der Waals surface area contributed by atoms with E-state index >= 15 is 0 Å². The predicted molar refractivity (Wildman–Crippen MR) is 101 cm³/mol. The van der Waals surface area contributed by atoms with Crippen LogP contribution in [0, 0.1) is 18.7 Å². The molecule has 0 aliphatic heterocycles. The Balaban J connectivity index is 1.89. The first-order chi connectivity index (χ1) is 12.8. The van der Waals surface area contributed by atoms with E-state index in [9.17, 15) is 18.8 Å². The minimum atomic E-state index is -0.885. The van der Waals surface area contributed by atoms with Crippen LogP contribution in [0.3, 0.4) is 0 Å². The average Bonchev–Trinajstić information content (AvgIpc) is 3.15. The van der Waals surface area contributed by atoms with Gasteiger partial charge in [-0.15, -0.1) is 11.3 Å². The van der Waals surface area contributed by atoms with E-state index in [1.54, 1.807) is 44.4 Å². The molecule has 144 valence electrons. The quantitative estimate of drug-likeness (QED) is 0.709. The Morgan fingerprint density at radius 2 is 1.96 bits per heavy atom. The fourth-order valence-corrected chi connectivity index (χ4v) is 2.84. The molecule has 27 heavy (non-hydrogen) atoms. The van der Waals surface area contributed by atoms with Crippen LogP contribution >= 0.6 is 11.3 Å². The van der Waals surface area contributed by atoms with Gasteiger partial charge in [-0.2, -0.15) is 0 Å². The average molecular weight is 392 g/mol. The van der Waals surface area contributed by atoms with Gasteiger partial charge in [-0.25, -0.2) is 9.18 Å². The van der Waals surface area contributed by atoms with Crippen LogP contribution < -0.4 is 10.6 Å². The molecule has 8 heteroatoms. The SMILES string of the molecule is Cc1ccc(NC(=O)COC(=O)[C@@H](NC(=O)c2cccs2)C(C)C)cc1F. The highest BCUT2D eigenvalue weighted by Gasteiger charge is 2.27. The summed E-state index contributed by atoms with van der Waals surface area (Å²) in [4.78, 5) is 36.8. The molecule has 0 radical (unpaired) electrons. The Labute approximate surface area is 160 Å². The summed E-state index contributed by atoms with van der Waals surface area (Å²) in [5, 5.41) is 6.84. The number of carbonyl (C=O) groups excluding carboxylic acids is 3. The minimum Gasteiger partial charge on any atom is -0.454 e. The van der Waals surface area contributed by atoms with Gasteiger partial charge >= 0.3 is 5.97 Å². The smallest absolute Gasteiger partial charge is 0.329 e. The number of aryl methyl sites for hydroxylation is 1. The summed E-state index contributed by atoms with van der Waals surface area (Å²) in [5.74, 6) is -2.35. The number of nitrogens with one attached hydrogen (secondary N) is 2. The van der Waals surface area contributed by atoms with E-state index in [0.29, 0.717) is 10.4 Å². The van der Waals surface area contributed by atoms with Gasteiger partial charge < -0.3 is 15.4 Å². The normalized spacial score (nSPS) is 11.7. The second-order valence-corrected chi connectivity index (χ2v) is 7.24. The van der Waals surface area contributed by atoms with E-state index in [2.05, 4.69) is 10.6 Å². The molecule has 1 aromatic heterocycles. The van der Waals surface area contributed by atoms with Gasteiger partial charge in [0.1, 0.15) is 11.9 Å². The Hall–Kier alpha value is -2.74. The molecule has 0 spiro atoms. The van der Waals surface area contributed by atoms with Gasteiger partial charge in [-0.3, -0.25) is 9.59 Å². The number of ether oxygens (including phenoxy) is 1. The second-order valence-electron chi connectivity index (χ2n) is 6.29. The third kappa shape index (κ3) is 5.89. The maximum absolute atomic E-state index is 13.5. The van der Waals surface area contributed by atoms with E-state index in [4.69, 9.17) is 4.74 Å². The van der Waals surface area contributed by atoms with E-state index < -0.39 is 30.3 Å². The number of hydrogen-bond donors (Lipinski definition) is 2. The minimum absolute atomic E-state index is 0.226. The van der Waals surface area contributed by atoms with Crippen molar-refractivity contribution in [2.45, 2.75) is 26.8 Å². The Kier molecular flexibility index (Phi) is 7.06. The molecule has 0 bridgehead atoms. The zero-order valence-corrected chi connectivity index (χ0v) is 16.1. The van der Waals surface area contributed by atoms with Crippen molar-refractivity contribution in [2.75, 3.05) is 11.9 Å². The summed E-state index contributed by atoms with van der Waals surface area (Å²) in [6, 6.07) is 6.77. The Morgan fingerprint density at radius 3 is 2.56 bits per heavy atom. The first-order valence-corrected chi connectivity index (χ1v) is 9.23. The number of rotatable bonds is 7. The lowest BCUT2D eigenvalue weighted by Gasteiger charge is -2.20. The number of anilines is 1. The van der Waals surface area contributed by atoms with Gasteiger partial charge in [-0.05, 0) is 42.0 Å². The highest BCUT2D eigenvalue weighted by Crippen LogP contribution is 2.14. The lowest BCUT2D eigenvalue weighted by molar-refractivity contribution is -0.150. The number of esters is 1. The molecule has 2 aromatic rings. The maximum atomic E-state index is 13.5. The molecule has 2 N–H and O–H groups in total. The highest BCUT2D eigenvalue weighted by molar-refractivity contribution is 7.12. The first-order valence-electron chi connectivity index (χ1n) is 8.35. The molecule has 0 unspecified atom stereocenters. The predicted octanol–water partition coefficient (Wildman–Crippen LogP) is 3.13. The van der Waals surface area contributed by atoms with Crippen molar-refractivity contribution in [3.8, 4) is 0 Å². The van der Waals surface area contributed by atoms with Crippen molar-refractivity contribution in [2.24, 2.45) is 5.92 Å². The molecular weight excluding hydrogens is 371 g/mol. The lowest BCUT2D eigenvalue weighted by atomic mass is 10.0. The van der Waals surface area contributed by atoms with Gasteiger partial charge in [0.15, 0.2) is 6.61 Å². The van der Waals surface area contributed by atoms with Gasteiger partial charge in [0.05, 0.1) is 4.88 Å². The van der Waals surface area contributed by atoms with Crippen LogP contribution in [0.15, 0.2) is 35.7 Å². The third-order valence-corrected chi connectivity index (χ3v) is 4.62. The third-order valence-electron chi connectivity index (χ3n) is 3.75. The number of benzene rings is 1. The number of thiophene rings is 1. The standard InChI is InChI=1S/C19H21FN2O4S/c1-11(2)17(22-18(24)15-5-4-8-27-15)19(25)26-10-16(23)21-13-7-6-12(3)14(20)9-13/h4-9,11,17H,10H2,1-3H3,(H,21,23)(H,22,24)/t17-/m0/s1. The zero-order valence-electron chi connectivity index (χ0n) is 15.2. The zero-order chi connectivity index (χ0) is 20.0. The van der Waals surface area contributed by atoms with Crippen molar-refractivity contribution in [1.29, 1.82) is 0 Å². The first kappa shape index (κ1) is 20.6. The van der Waals surface area contributed by atoms with E-state index in [1.165, 1.54) is 23.5 Å². The molecule has 0 aliphatic rings. The Morgan fingerprint density at radius 1 is 1.22 bits per heavy atom. The lowest BCUT2D eigenvalue weighted by Crippen LogP contribution is -2.45. The van der Waals surface area contributed by atoms with Gasteiger partial charge in [-0.1, -0.05) is 26.0 Å². The summed E-state index contributed by atoms with van der Waals surface area (Å²) in [7, 11) is 0. The van der Waals surface area contributed by atoms with Gasteiger partial charge in [0.2, 0.25) is 0 Å². The molecule has 0 fully saturated rings. The number of amides is 2. The molecule has 1 heterocycles. The van der Waals surface area contributed by atoms with E-state index in [1.807, 2.05) is 0 Å². The van der Waals surface area contributed by atoms with Gasteiger partial charge in [0.25, 0.3) is 11.8 Å². The summed E-state index contributed by atoms with van der Waals surface area (Å²) in [5.41, 5.74) is 0.728. The van der Waals surface area contributed by atoms with E-state index in [0.717, 1.165) is 0 Å². The van der Waals surface area contributed by atoms with E-state index in [-0.39, 0.29) is 17.5 Å². The Bertz CT molecular complexity index is 821. The molecule has 1 aromatic carbocycles. The fraction of sp³-hybridized carbons (Fsp3) is 0.316. The molecular formula is C19H21FN2O4S. The van der Waals surface area contributed by atoms with Crippen molar-refractivity contribution >= 4 is 34.8 Å². The van der Waals surface area contributed by atoms with Crippen molar-refractivity contribution in [3.63, 3.8) is 0 Å². The molecule has 0 saturated carbocycles. The monoisotopic (exact) mass is 392 g/mol. The van der Waals surface area contributed by atoms with Crippen LogP contribution in [0.1, 0.15) is 29.1 Å². The van der Waals surface area contributed by atoms with Crippen LogP contribution in [-0.4, -0.2) is 30.4 Å². The van der Waals surface area contributed by atoms with Crippen molar-refractivity contribution in [3.05, 3.63) is 52.0 Å². The van der Waals surface area contributed by atoms with Crippen LogP contribution in [0.2, 0.25) is 0 Å². The molecule has 0 aliphatic carbocycles. The molecule has 6 nitrogen and oxygen atoms in total. The number of carbonyl (C=O) groups is 3. The van der Waals surface area contributed by atoms with Crippen molar-refractivity contribution in [1.82, 2.24) is 5.32 Å². The summed E-state index contributed by atoms with van der Waals surface area (Å²) in [6.07, 6.45) is 0. The topological polar surface area (TPSA) is 84.5 Å². The van der Waals surface area contributed by atoms with Crippen molar-refractivity contribution < 1.29 is 23.5 Å². The highest BCUT2D eigenvalue weighted by atomic mass is 32.1. The van der Waals surface area contributed by atoms with Crippen LogP contribution in [-0.2, 0) is 14.3 Å². The number of halogens is 1. The summed E-state index contributed by atoms with van der Waals surface area (Å²) < 4.78 is 18.5. The maximum Gasteiger partial charge on any atom is 0.329 e. The molecule has 1 atom stereocenters.